The lowest BCUT2D eigenvalue weighted by molar-refractivity contribution is 0.102. The number of nitrogen functional groups attached to an aromatic ring is 1. The highest BCUT2D eigenvalue weighted by Crippen LogP contribution is 2.25. The highest BCUT2D eigenvalue weighted by atomic mass is 79.9. The number of rotatable bonds is 3. The SMILES string of the molecule is CN(C)c1ccccc1NC(=O)c1cc(Br)cnc1N. The van der Waals surface area contributed by atoms with Crippen molar-refractivity contribution in [1.82, 2.24) is 4.98 Å². The zero-order chi connectivity index (χ0) is 14.7. The van der Waals surface area contributed by atoms with Crippen LogP contribution in [0.2, 0.25) is 0 Å². The van der Waals surface area contributed by atoms with E-state index in [-0.39, 0.29) is 11.7 Å². The number of carbonyl (C=O) groups excluding carboxylic acids is 1. The Morgan fingerprint density at radius 3 is 2.75 bits per heavy atom. The largest absolute Gasteiger partial charge is 0.383 e. The predicted octanol–water partition coefficient (Wildman–Crippen LogP) is 2.74. The lowest BCUT2D eigenvalue weighted by Crippen LogP contribution is -2.18. The molecule has 0 aliphatic rings. The first-order chi connectivity index (χ1) is 9.49. The summed E-state index contributed by atoms with van der Waals surface area (Å²) in [5.41, 5.74) is 7.72. The predicted molar refractivity (Wildman–Crippen MR) is 85.1 cm³/mol. The monoisotopic (exact) mass is 334 g/mol. The van der Waals surface area contributed by atoms with Gasteiger partial charge >= 0.3 is 0 Å². The normalized spacial score (nSPS) is 10.2. The van der Waals surface area contributed by atoms with Crippen LogP contribution >= 0.6 is 15.9 Å². The van der Waals surface area contributed by atoms with Crippen molar-refractivity contribution < 1.29 is 4.79 Å². The number of amides is 1. The molecule has 0 spiro atoms. The van der Waals surface area contributed by atoms with Gasteiger partial charge in [0.25, 0.3) is 5.91 Å². The van der Waals surface area contributed by atoms with E-state index in [9.17, 15) is 4.79 Å². The average Bonchev–Trinajstić information content (AvgIpc) is 2.41. The van der Waals surface area contributed by atoms with Gasteiger partial charge in [-0.2, -0.15) is 0 Å². The number of para-hydroxylation sites is 2. The van der Waals surface area contributed by atoms with E-state index in [1.165, 1.54) is 0 Å². The number of hydrogen-bond acceptors (Lipinski definition) is 4. The second kappa shape index (κ2) is 5.92. The summed E-state index contributed by atoms with van der Waals surface area (Å²) in [5, 5.41) is 2.85. The van der Waals surface area contributed by atoms with Gasteiger partial charge in [-0.05, 0) is 34.1 Å². The Morgan fingerprint density at radius 1 is 1.35 bits per heavy atom. The summed E-state index contributed by atoms with van der Waals surface area (Å²) >= 11 is 3.28. The number of halogens is 1. The number of pyridine rings is 1. The van der Waals surface area contributed by atoms with Gasteiger partial charge in [-0.1, -0.05) is 12.1 Å². The smallest absolute Gasteiger partial charge is 0.259 e. The maximum atomic E-state index is 12.3. The van der Waals surface area contributed by atoms with Crippen molar-refractivity contribution in [3.8, 4) is 0 Å². The topological polar surface area (TPSA) is 71.2 Å². The third-order valence-corrected chi connectivity index (χ3v) is 3.20. The van der Waals surface area contributed by atoms with Crippen LogP contribution < -0.4 is 16.0 Å². The van der Waals surface area contributed by atoms with E-state index < -0.39 is 0 Å². The molecule has 0 radical (unpaired) electrons. The Balaban J connectivity index is 2.31. The van der Waals surface area contributed by atoms with Crippen molar-refractivity contribution in [2.24, 2.45) is 0 Å². The molecule has 0 saturated carbocycles. The van der Waals surface area contributed by atoms with Crippen LogP contribution in [0.15, 0.2) is 41.0 Å². The summed E-state index contributed by atoms with van der Waals surface area (Å²) in [5.74, 6) is -0.0846. The molecular formula is C14H15BrN4O. The van der Waals surface area contributed by atoms with E-state index in [1.807, 2.05) is 43.3 Å². The van der Waals surface area contributed by atoms with Crippen molar-refractivity contribution in [3.63, 3.8) is 0 Å². The van der Waals surface area contributed by atoms with Crippen LogP contribution in [0.5, 0.6) is 0 Å². The molecule has 2 aromatic rings. The summed E-state index contributed by atoms with van der Waals surface area (Å²) in [7, 11) is 3.83. The molecule has 0 saturated heterocycles. The third-order valence-electron chi connectivity index (χ3n) is 2.76. The van der Waals surface area contributed by atoms with Crippen LogP contribution in [0.3, 0.4) is 0 Å². The number of aromatic nitrogens is 1. The van der Waals surface area contributed by atoms with Gasteiger partial charge in [0, 0.05) is 24.8 Å². The Bertz CT molecular complexity index is 643. The fourth-order valence-electron chi connectivity index (χ4n) is 1.79. The molecule has 1 aromatic heterocycles. The van der Waals surface area contributed by atoms with Crippen LogP contribution in [-0.2, 0) is 0 Å². The van der Waals surface area contributed by atoms with Crippen molar-refractivity contribution >= 4 is 39.0 Å². The average molecular weight is 335 g/mol. The Kier molecular flexibility index (Phi) is 4.24. The highest BCUT2D eigenvalue weighted by Gasteiger charge is 2.13. The molecule has 0 fully saturated rings. The van der Waals surface area contributed by atoms with E-state index in [0.29, 0.717) is 10.0 Å². The summed E-state index contributed by atoms with van der Waals surface area (Å²) in [6, 6.07) is 9.20. The molecule has 3 N–H and O–H groups in total. The van der Waals surface area contributed by atoms with Crippen LogP contribution in [-0.4, -0.2) is 25.0 Å². The third kappa shape index (κ3) is 3.08. The van der Waals surface area contributed by atoms with Gasteiger partial charge in [0.1, 0.15) is 5.82 Å². The number of nitrogens with zero attached hydrogens (tertiary/aromatic N) is 2. The molecule has 6 heteroatoms. The fourth-order valence-corrected chi connectivity index (χ4v) is 2.12. The molecule has 104 valence electrons. The summed E-state index contributed by atoms with van der Waals surface area (Å²) in [6.07, 6.45) is 1.56. The first kappa shape index (κ1) is 14.3. The second-order valence-electron chi connectivity index (χ2n) is 4.45. The molecule has 0 atom stereocenters. The maximum Gasteiger partial charge on any atom is 0.259 e. The molecule has 1 heterocycles. The molecule has 0 unspecified atom stereocenters. The first-order valence-corrected chi connectivity index (χ1v) is 6.77. The molecule has 1 amide bonds. The van der Waals surface area contributed by atoms with Crippen molar-refractivity contribution in [2.75, 3.05) is 30.0 Å². The van der Waals surface area contributed by atoms with Gasteiger partial charge < -0.3 is 16.0 Å². The van der Waals surface area contributed by atoms with Crippen molar-refractivity contribution in [3.05, 3.63) is 46.6 Å². The molecule has 20 heavy (non-hydrogen) atoms. The number of benzene rings is 1. The van der Waals surface area contributed by atoms with Gasteiger partial charge in [0.15, 0.2) is 0 Å². The maximum absolute atomic E-state index is 12.3. The van der Waals surface area contributed by atoms with Crippen LogP contribution in [0, 0.1) is 0 Å². The fraction of sp³-hybridized carbons (Fsp3) is 0.143. The van der Waals surface area contributed by atoms with Gasteiger partial charge in [0.05, 0.1) is 16.9 Å². The highest BCUT2D eigenvalue weighted by molar-refractivity contribution is 9.10. The van der Waals surface area contributed by atoms with Gasteiger partial charge in [0.2, 0.25) is 0 Å². The quantitative estimate of drug-likeness (QED) is 0.905. The van der Waals surface area contributed by atoms with E-state index in [4.69, 9.17) is 5.73 Å². The molecular weight excluding hydrogens is 320 g/mol. The zero-order valence-electron chi connectivity index (χ0n) is 11.2. The van der Waals surface area contributed by atoms with E-state index in [0.717, 1.165) is 11.4 Å². The number of carbonyl (C=O) groups is 1. The first-order valence-electron chi connectivity index (χ1n) is 5.97. The molecule has 0 bridgehead atoms. The lowest BCUT2D eigenvalue weighted by Gasteiger charge is -2.18. The minimum atomic E-state index is -0.286. The Labute approximate surface area is 125 Å². The Morgan fingerprint density at radius 2 is 2.05 bits per heavy atom. The second-order valence-corrected chi connectivity index (χ2v) is 5.37. The van der Waals surface area contributed by atoms with Crippen LogP contribution in [0.1, 0.15) is 10.4 Å². The standard InChI is InChI=1S/C14H15BrN4O/c1-19(2)12-6-4-3-5-11(12)18-14(20)10-7-9(15)8-17-13(10)16/h3-8H,1-2H3,(H2,16,17)(H,18,20). The lowest BCUT2D eigenvalue weighted by atomic mass is 10.2. The van der Waals surface area contributed by atoms with Crippen molar-refractivity contribution in [2.45, 2.75) is 0 Å². The molecule has 1 aromatic carbocycles. The zero-order valence-corrected chi connectivity index (χ0v) is 12.8. The minimum absolute atomic E-state index is 0.202. The molecule has 5 nitrogen and oxygen atoms in total. The summed E-state index contributed by atoms with van der Waals surface area (Å²) in [6.45, 7) is 0. The van der Waals surface area contributed by atoms with Gasteiger partial charge in [-0.3, -0.25) is 4.79 Å². The number of nitrogens with two attached hydrogens (primary N) is 1. The van der Waals surface area contributed by atoms with Crippen LogP contribution in [0.25, 0.3) is 0 Å². The molecule has 0 aliphatic carbocycles. The molecule has 2 rings (SSSR count). The number of nitrogens with one attached hydrogen (secondary N) is 1. The minimum Gasteiger partial charge on any atom is -0.383 e. The van der Waals surface area contributed by atoms with Crippen molar-refractivity contribution in [1.29, 1.82) is 0 Å². The van der Waals surface area contributed by atoms with E-state index in [1.54, 1.807) is 12.3 Å². The van der Waals surface area contributed by atoms with Gasteiger partial charge in [-0.25, -0.2) is 4.98 Å². The summed E-state index contributed by atoms with van der Waals surface area (Å²) in [4.78, 5) is 18.2. The van der Waals surface area contributed by atoms with E-state index >= 15 is 0 Å². The van der Waals surface area contributed by atoms with Gasteiger partial charge in [-0.15, -0.1) is 0 Å². The molecule has 0 aliphatic heterocycles. The Hall–Kier alpha value is -2.08. The number of hydrogen-bond donors (Lipinski definition) is 2. The summed E-state index contributed by atoms with van der Waals surface area (Å²) < 4.78 is 0.706. The van der Waals surface area contributed by atoms with Crippen LogP contribution in [0.4, 0.5) is 17.2 Å². The van der Waals surface area contributed by atoms with E-state index in [2.05, 4.69) is 26.2 Å². The number of anilines is 3.